The van der Waals surface area contributed by atoms with Crippen LogP contribution in [0.3, 0.4) is 0 Å². The van der Waals surface area contributed by atoms with E-state index in [1.807, 2.05) is 4.68 Å². The van der Waals surface area contributed by atoms with Crippen LogP contribution in [0, 0.1) is 0 Å². The zero-order valence-corrected chi connectivity index (χ0v) is 13.3. The Hall–Kier alpha value is -1.68. The van der Waals surface area contributed by atoms with Gasteiger partial charge in [-0.3, -0.25) is 4.68 Å². The quantitative estimate of drug-likeness (QED) is 0.811. The second-order valence-electron chi connectivity index (χ2n) is 5.70. The summed E-state index contributed by atoms with van der Waals surface area (Å²) in [5.74, 6) is 1.60. The van der Waals surface area contributed by atoms with Gasteiger partial charge in [-0.05, 0) is 24.8 Å². The van der Waals surface area contributed by atoms with Crippen LogP contribution in [0.5, 0.6) is 0 Å². The highest BCUT2D eigenvalue weighted by atomic mass is 15.3. The van der Waals surface area contributed by atoms with E-state index in [4.69, 9.17) is 0 Å². The Balaban J connectivity index is 2.02. The van der Waals surface area contributed by atoms with Crippen molar-refractivity contribution in [2.45, 2.75) is 52.1 Å². The molecule has 1 N–H and O–H groups in total. The van der Waals surface area contributed by atoms with Crippen molar-refractivity contribution in [1.29, 1.82) is 0 Å². The third-order valence-electron chi connectivity index (χ3n) is 3.76. The Morgan fingerprint density at radius 1 is 1.19 bits per heavy atom. The zero-order chi connectivity index (χ0) is 15.1. The second-order valence-corrected chi connectivity index (χ2v) is 5.70. The number of aryl methyl sites for hydroxylation is 2. The number of nitrogens with one attached hydrogen (secondary N) is 1. The van der Waals surface area contributed by atoms with Gasteiger partial charge in [0.05, 0.1) is 0 Å². The minimum absolute atomic E-state index is 0.510. The Morgan fingerprint density at radius 3 is 2.62 bits per heavy atom. The summed E-state index contributed by atoms with van der Waals surface area (Å²) >= 11 is 0. The second kappa shape index (κ2) is 7.93. The summed E-state index contributed by atoms with van der Waals surface area (Å²) in [5.41, 5.74) is 1.40. The van der Waals surface area contributed by atoms with Gasteiger partial charge >= 0.3 is 0 Å². The van der Waals surface area contributed by atoms with E-state index in [0.29, 0.717) is 12.0 Å². The van der Waals surface area contributed by atoms with E-state index in [9.17, 15) is 0 Å². The van der Waals surface area contributed by atoms with Crippen LogP contribution in [0.4, 0.5) is 0 Å². The van der Waals surface area contributed by atoms with Gasteiger partial charge in [0.25, 0.3) is 0 Å². The molecule has 0 saturated carbocycles. The molecule has 0 radical (unpaired) electrons. The van der Waals surface area contributed by atoms with Gasteiger partial charge in [-0.1, -0.05) is 44.2 Å². The van der Waals surface area contributed by atoms with E-state index in [-0.39, 0.29) is 0 Å². The molecular formula is C17H26N4. The molecule has 2 rings (SSSR count). The van der Waals surface area contributed by atoms with E-state index in [1.54, 1.807) is 6.33 Å². The summed E-state index contributed by atoms with van der Waals surface area (Å²) in [4.78, 5) is 4.38. The standard InChI is InChI=1S/C17H26N4/c1-4-21-17(19-13-20-21)11-10-16(12-18-14(2)3)15-8-6-5-7-9-15/h5-9,13-14,16,18H,4,10-12H2,1-3H3. The van der Waals surface area contributed by atoms with Crippen LogP contribution in [0.2, 0.25) is 0 Å². The van der Waals surface area contributed by atoms with Crippen molar-refractivity contribution < 1.29 is 0 Å². The number of hydrogen-bond donors (Lipinski definition) is 1. The minimum Gasteiger partial charge on any atom is -0.314 e. The average Bonchev–Trinajstić information content (AvgIpc) is 2.95. The van der Waals surface area contributed by atoms with Crippen LogP contribution in [0.25, 0.3) is 0 Å². The van der Waals surface area contributed by atoms with Gasteiger partial charge in [0, 0.05) is 25.6 Å². The van der Waals surface area contributed by atoms with Crippen molar-refractivity contribution >= 4 is 0 Å². The molecule has 4 nitrogen and oxygen atoms in total. The summed E-state index contributed by atoms with van der Waals surface area (Å²) < 4.78 is 1.98. The van der Waals surface area contributed by atoms with E-state index in [0.717, 1.165) is 31.8 Å². The van der Waals surface area contributed by atoms with Crippen LogP contribution in [0.1, 0.15) is 44.5 Å². The minimum atomic E-state index is 0.510. The molecular weight excluding hydrogens is 260 g/mol. The highest BCUT2D eigenvalue weighted by Gasteiger charge is 2.13. The molecule has 0 aliphatic carbocycles. The fraction of sp³-hybridized carbons (Fsp3) is 0.529. The van der Waals surface area contributed by atoms with Gasteiger partial charge in [-0.25, -0.2) is 4.98 Å². The lowest BCUT2D eigenvalue weighted by molar-refractivity contribution is 0.496. The molecule has 1 aromatic heterocycles. The van der Waals surface area contributed by atoms with Gasteiger partial charge in [-0.15, -0.1) is 0 Å². The first-order valence-electron chi connectivity index (χ1n) is 7.85. The van der Waals surface area contributed by atoms with Crippen LogP contribution in [-0.2, 0) is 13.0 Å². The maximum Gasteiger partial charge on any atom is 0.138 e. The fourth-order valence-corrected chi connectivity index (χ4v) is 2.54. The Labute approximate surface area is 127 Å². The molecule has 0 bridgehead atoms. The first-order valence-corrected chi connectivity index (χ1v) is 7.85. The third-order valence-corrected chi connectivity index (χ3v) is 3.76. The maximum absolute atomic E-state index is 4.38. The average molecular weight is 286 g/mol. The van der Waals surface area contributed by atoms with Crippen LogP contribution in [-0.4, -0.2) is 27.4 Å². The van der Waals surface area contributed by atoms with Gasteiger partial charge in [-0.2, -0.15) is 5.10 Å². The number of hydrogen-bond acceptors (Lipinski definition) is 3. The summed E-state index contributed by atoms with van der Waals surface area (Å²) in [6, 6.07) is 11.3. The third kappa shape index (κ3) is 4.67. The first-order chi connectivity index (χ1) is 10.2. The summed E-state index contributed by atoms with van der Waals surface area (Å²) in [7, 11) is 0. The largest absolute Gasteiger partial charge is 0.314 e. The molecule has 1 heterocycles. The highest BCUT2D eigenvalue weighted by Crippen LogP contribution is 2.20. The van der Waals surface area contributed by atoms with Crippen molar-refractivity contribution in [3.8, 4) is 0 Å². The number of rotatable bonds is 8. The summed E-state index contributed by atoms with van der Waals surface area (Å²) in [6.07, 6.45) is 3.71. The predicted molar refractivity (Wildman–Crippen MR) is 86.3 cm³/mol. The van der Waals surface area contributed by atoms with Crippen molar-refractivity contribution in [1.82, 2.24) is 20.1 Å². The molecule has 2 aromatic rings. The first kappa shape index (κ1) is 15.7. The van der Waals surface area contributed by atoms with Crippen molar-refractivity contribution in [3.05, 3.63) is 48.0 Å². The van der Waals surface area contributed by atoms with Crippen molar-refractivity contribution in [2.24, 2.45) is 0 Å². The van der Waals surface area contributed by atoms with Crippen molar-refractivity contribution in [2.75, 3.05) is 6.54 Å². The normalized spacial score (nSPS) is 12.8. The van der Waals surface area contributed by atoms with Crippen LogP contribution < -0.4 is 5.32 Å². The molecule has 114 valence electrons. The molecule has 0 spiro atoms. The molecule has 1 aromatic carbocycles. The molecule has 1 unspecified atom stereocenters. The monoisotopic (exact) mass is 286 g/mol. The van der Waals surface area contributed by atoms with E-state index >= 15 is 0 Å². The molecule has 4 heteroatoms. The lowest BCUT2D eigenvalue weighted by Gasteiger charge is -2.19. The zero-order valence-electron chi connectivity index (χ0n) is 13.3. The Kier molecular flexibility index (Phi) is 5.93. The summed E-state index contributed by atoms with van der Waals surface area (Å²) in [6.45, 7) is 8.37. The number of benzene rings is 1. The molecule has 0 amide bonds. The number of aromatic nitrogens is 3. The van der Waals surface area contributed by atoms with Gasteiger partial charge in [0.15, 0.2) is 0 Å². The molecule has 0 aliphatic heterocycles. The van der Waals surface area contributed by atoms with E-state index in [2.05, 4.69) is 66.5 Å². The Bertz CT molecular complexity index is 519. The lowest BCUT2D eigenvalue weighted by Crippen LogP contribution is -2.28. The van der Waals surface area contributed by atoms with Gasteiger partial charge in [0.2, 0.25) is 0 Å². The fourth-order valence-electron chi connectivity index (χ4n) is 2.54. The number of nitrogens with zero attached hydrogens (tertiary/aromatic N) is 3. The summed E-state index contributed by atoms with van der Waals surface area (Å²) in [5, 5.41) is 7.81. The smallest absolute Gasteiger partial charge is 0.138 e. The van der Waals surface area contributed by atoms with Crippen LogP contribution >= 0.6 is 0 Å². The SMILES string of the molecule is CCn1ncnc1CCC(CNC(C)C)c1ccccc1. The van der Waals surface area contributed by atoms with Gasteiger partial charge in [0.1, 0.15) is 12.2 Å². The molecule has 0 fully saturated rings. The molecule has 21 heavy (non-hydrogen) atoms. The van der Waals surface area contributed by atoms with Gasteiger partial charge < -0.3 is 5.32 Å². The lowest BCUT2D eigenvalue weighted by atomic mass is 9.93. The Morgan fingerprint density at radius 2 is 1.95 bits per heavy atom. The topological polar surface area (TPSA) is 42.7 Å². The van der Waals surface area contributed by atoms with E-state index in [1.165, 1.54) is 5.56 Å². The highest BCUT2D eigenvalue weighted by molar-refractivity contribution is 5.20. The van der Waals surface area contributed by atoms with Crippen LogP contribution in [0.15, 0.2) is 36.7 Å². The van der Waals surface area contributed by atoms with Crippen molar-refractivity contribution in [3.63, 3.8) is 0 Å². The molecule has 0 saturated heterocycles. The predicted octanol–water partition coefficient (Wildman–Crippen LogP) is 3.01. The van der Waals surface area contributed by atoms with E-state index < -0.39 is 0 Å². The molecule has 1 atom stereocenters. The maximum atomic E-state index is 4.38. The molecule has 0 aliphatic rings.